The summed E-state index contributed by atoms with van der Waals surface area (Å²) < 4.78 is 30.4. The molecule has 0 atom stereocenters. The van der Waals surface area contributed by atoms with Crippen molar-refractivity contribution in [2.75, 3.05) is 12.4 Å². The summed E-state index contributed by atoms with van der Waals surface area (Å²) in [6.07, 6.45) is 1.40. The van der Waals surface area contributed by atoms with E-state index in [0.717, 1.165) is 12.1 Å². The average Bonchev–Trinajstić information content (AvgIpc) is 2.70. The third kappa shape index (κ3) is 1.68. The largest absolute Gasteiger partial charge is 0.384 e. The van der Waals surface area contributed by atoms with Crippen LogP contribution in [0.2, 0.25) is 0 Å². The van der Waals surface area contributed by atoms with Gasteiger partial charge in [0.2, 0.25) is 0 Å². The van der Waals surface area contributed by atoms with E-state index in [2.05, 4.69) is 10.5 Å². The van der Waals surface area contributed by atoms with Gasteiger partial charge in [0.05, 0.1) is 0 Å². The van der Waals surface area contributed by atoms with Crippen LogP contribution in [-0.4, -0.2) is 12.2 Å². The molecule has 2 rings (SSSR count). The Hall–Kier alpha value is -1.91. The number of anilines is 1. The van der Waals surface area contributed by atoms with Crippen molar-refractivity contribution < 1.29 is 13.3 Å². The van der Waals surface area contributed by atoms with Gasteiger partial charge in [-0.3, -0.25) is 0 Å². The number of nitrogens with one attached hydrogen (secondary N) is 1. The van der Waals surface area contributed by atoms with Gasteiger partial charge in [0.1, 0.15) is 17.6 Å². The molecule has 0 radical (unpaired) electrons. The van der Waals surface area contributed by atoms with Gasteiger partial charge in [0.15, 0.2) is 11.6 Å². The highest BCUT2D eigenvalue weighted by molar-refractivity contribution is 5.72. The maximum Gasteiger partial charge on any atom is 0.159 e. The molecule has 0 saturated heterocycles. The molecular weight excluding hydrogens is 202 g/mol. The van der Waals surface area contributed by atoms with E-state index in [1.54, 1.807) is 7.05 Å². The Labute approximate surface area is 84.7 Å². The standard InChI is InChI=1S/C10H8F2N2O/c1-13-9-5-15-14-10(9)6-2-3-7(11)8(12)4-6/h2-5,13H,1H3. The van der Waals surface area contributed by atoms with Gasteiger partial charge < -0.3 is 9.84 Å². The lowest BCUT2D eigenvalue weighted by molar-refractivity contribution is 0.422. The Morgan fingerprint density at radius 3 is 2.73 bits per heavy atom. The monoisotopic (exact) mass is 210 g/mol. The van der Waals surface area contributed by atoms with Gasteiger partial charge in [-0.25, -0.2) is 8.78 Å². The molecule has 0 bridgehead atoms. The van der Waals surface area contributed by atoms with Crippen LogP contribution >= 0.6 is 0 Å². The number of nitrogens with zero attached hydrogens (tertiary/aromatic N) is 1. The number of aromatic nitrogens is 1. The van der Waals surface area contributed by atoms with Crippen molar-refractivity contribution in [3.05, 3.63) is 36.1 Å². The molecule has 78 valence electrons. The Morgan fingerprint density at radius 2 is 2.07 bits per heavy atom. The summed E-state index contributed by atoms with van der Waals surface area (Å²) in [5, 5.41) is 6.54. The lowest BCUT2D eigenvalue weighted by Crippen LogP contribution is -1.90. The first-order valence-corrected chi connectivity index (χ1v) is 4.30. The SMILES string of the molecule is CNc1conc1-c1ccc(F)c(F)c1. The maximum absolute atomic E-state index is 13.0. The van der Waals surface area contributed by atoms with Crippen LogP contribution < -0.4 is 5.32 Å². The highest BCUT2D eigenvalue weighted by Crippen LogP contribution is 2.26. The Bertz CT molecular complexity index is 482. The highest BCUT2D eigenvalue weighted by atomic mass is 19.2. The molecule has 0 aliphatic rings. The molecule has 0 fully saturated rings. The molecule has 5 heteroatoms. The average molecular weight is 210 g/mol. The van der Waals surface area contributed by atoms with Gasteiger partial charge >= 0.3 is 0 Å². The summed E-state index contributed by atoms with van der Waals surface area (Å²) in [5.41, 5.74) is 1.55. The molecule has 2 aromatic rings. The fraction of sp³-hybridized carbons (Fsp3) is 0.100. The van der Waals surface area contributed by atoms with E-state index in [-0.39, 0.29) is 0 Å². The van der Waals surface area contributed by atoms with Crippen LogP contribution in [0.1, 0.15) is 0 Å². The molecule has 15 heavy (non-hydrogen) atoms. The quantitative estimate of drug-likeness (QED) is 0.828. The molecule has 1 heterocycles. The Balaban J connectivity index is 2.50. The van der Waals surface area contributed by atoms with Crippen LogP contribution in [0.25, 0.3) is 11.3 Å². The molecule has 0 aliphatic heterocycles. The van der Waals surface area contributed by atoms with Crippen molar-refractivity contribution in [1.29, 1.82) is 0 Å². The lowest BCUT2D eigenvalue weighted by atomic mass is 10.1. The zero-order valence-electron chi connectivity index (χ0n) is 7.92. The summed E-state index contributed by atoms with van der Waals surface area (Å²) in [5.74, 6) is -1.79. The van der Waals surface area contributed by atoms with Gasteiger partial charge in [-0.2, -0.15) is 0 Å². The van der Waals surface area contributed by atoms with Gasteiger partial charge in [-0.05, 0) is 18.2 Å². The van der Waals surface area contributed by atoms with Gasteiger partial charge in [-0.1, -0.05) is 5.16 Å². The second kappa shape index (κ2) is 3.68. The molecule has 1 N–H and O–H groups in total. The Morgan fingerprint density at radius 1 is 1.27 bits per heavy atom. The Kier molecular flexibility index (Phi) is 2.37. The van der Waals surface area contributed by atoms with E-state index < -0.39 is 11.6 Å². The molecule has 0 amide bonds. The summed E-state index contributed by atoms with van der Waals surface area (Å²) in [6.45, 7) is 0. The van der Waals surface area contributed by atoms with Crippen LogP contribution in [0.5, 0.6) is 0 Å². The molecule has 1 aromatic carbocycles. The molecule has 1 aromatic heterocycles. The smallest absolute Gasteiger partial charge is 0.159 e. The third-order valence-corrected chi connectivity index (χ3v) is 2.03. The zero-order chi connectivity index (χ0) is 10.8. The van der Waals surface area contributed by atoms with Crippen molar-refractivity contribution in [2.24, 2.45) is 0 Å². The summed E-state index contributed by atoms with van der Waals surface area (Å²) in [7, 11) is 1.69. The van der Waals surface area contributed by atoms with Gasteiger partial charge in [0, 0.05) is 12.6 Å². The van der Waals surface area contributed by atoms with Crippen LogP contribution in [0.4, 0.5) is 14.5 Å². The highest BCUT2D eigenvalue weighted by Gasteiger charge is 2.11. The predicted molar refractivity (Wildman–Crippen MR) is 51.4 cm³/mol. The predicted octanol–water partition coefficient (Wildman–Crippen LogP) is 2.66. The van der Waals surface area contributed by atoms with E-state index in [9.17, 15) is 8.78 Å². The molecular formula is C10H8F2N2O. The zero-order valence-corrected chi connectivity index (χ0v) is 7.92. The molecule has 0 aliphatic carbocycles. The molecule has 0 unspecified atom stereocenters. The normalized spacial score (nSPS) is 10.3. The molecule has 3 nitrogen and oxygen atoms in total. The van der Waals surface area contributed by atoms with Crippen LogP contribution in [-0.2, 0) is 0 Å². The maximum atomic E-state index is 13.0. The minimum Gasteiger partial charge on any atom is -0.384 e. The van der Waals surface area contributed by atoms with E-state index in [1.807, 2.05) is 0 Å². The number of rotatable bonds is 2. The summed E-state index contributed by atoms with van der Waals surface area (Å²) in [6, 6.07) is 3.57. The fourth-order valence-corrected chi connectivity index (χ4v) is 1.27. The van der Waals surface area contributed by atoms with Gasteiger partial charge in [0.25, 0.3) is 0 Å². The summed E-state index contributed by atoms with van der Waals surface area (Å²) >= 11 is 0. The summed E-state index contributed by atoms with van der Waals surface area (Å²) in [4.78, 5) is 0. The fourth-order valence-electron chi connectivity index (χ4n) is 1.27. The second-order valence-corrected chi connectivity index (χ2v) is 2.96. The molecule has 0 saturated carbocycles. The first kappa shape index (κ1) is 9.64. The van der Waals surface area contributed by atoms with Gasteiger partial charge in [-0.15, -0.1) is 0 Å². The number of hydrogen-bond acceptors (Lipinski definition) is 3. The minimum absolute atomic E-state index is 0.455. The lowest BCUT2D eigenvalue weighted by Gasteiger charge is -2.00. The van der Waals surface area contributed by atoms with Crippen molar-refractivity contribution in [2.45, 2.75) is 0 Å². The van der Waals surface area contributed by atoms with Crippen molar-refractivity contribution in [3.63, 3.8) is 0 Å². The first-order chi connectivity index (χ1) is 7.22. The topological polar surface area (TPSA) is 38.1 Å². The van der Waals surface area contributed by atoms with E-state index in [1.165, 1.54) is 12.3 Å². The number of halogens is 2. The van der Waals surface area contributed by atoms with Crippen LogP contribution in [0.15, 0.2) is 29.0 Å². The number of benzene rings is 1. The van der Waals surface area contributed by atoms with E-state index in [4.69, 9.17) is 4.52 Å². The van der Waals surface area contributed by atoms with Crippen molar-refractivity contribution in [3.8, 4) is 11.3 Å². The minimum atomic E-state index is -0.905. The second-order valence-electron chi connectivity index (χ2n) is 2.96. The van der Waals surface area contributed by atoms with Crippen LogP contribution in [0, 0.1) is 11.6 Å². The van der Waals surface area contributed by atoms with E-state index >= 15 is 0 Å². The van der Waals surface area contributed by atoms with Crippen LogP contribution in [0.3, 0.4) is 0 Å². The first-order valence-electron chi connectivity index (χ1n) is 4.30. The number of hydrogen-bond donors (Lipinski definition) is 1. The van der Waals surface area contributed by atoms with Crippen molar-refractivity contribution >= 4 is 5.69 Å². The third-order valence-electron chi connectivity index (χ3n) is 2.03. The van der Waals surface area contributed by atoms with Crippen molar-refractivity contribution in [1.82, 2.24) is 5.16 Å². The van der Waals surface area contributed by atoms with E-state index in [0.29, 0.717) is 16.9 Å². The molecule has 0 spiro atoms.